The Kier molecular flexibility index (Phi) is 4.62. The van der Waals surface area contributed by atoms with Crippen molar-refractivity contribution in [1.82, 2.24) is 0 Å². The van der Waals surface area contributed by atoms with Crippen molar-refractivity contribution in [2.75, 3.05) is 0 Å². The summed E-state index contributed by atoms with van der Waals surface area (Å²) in [6, 6.07) is 6.80. The van der Waals surface area contributed by atoms with Crippen LogP contribution in [0.2, 0.25) is 5.02 Å². The lowest BCUT2D eigenvalue weighted by molar-refractivity contribution is -0.385. The molecule has 0 amide bonds. The van der Waals surface area contributed by atoms with Crippen LogP contribution >= 0.6 is 43.5 Å². The molecule has 2 aromatic rings. The van der Waals surface area contributed by atoms with Gasteiger partial charge in [-0.3, -0.25) is 10.1 Å². The predicted octanol–water partition coefficient (Wildman–Crippen LogP) is 5.70. The molecule has 0 spiro atoms. The van der Waals surface area contributed by atoms with Crippen LogP contribution in [0.3, 0.4) is 0 Å². The second-order valence-electron chi connectivity index (χ2n) is 3.67. The van der Waals surface area contributed by atoms with Gasteiger partial charge >= 0.3 is 5.69 Å². The molecule has 0 saturated carbocycles. The zero-order valence-electron chi connectivity index (χ0n) is 9.57. The van der Waals surface area contributed by atoms with E-state index in [4.69, 9.17) is 16.3 Å². The van der Waals surface area contributed by atoms with Crippen molar-refractivity contribution in [2.24, 2.45) is 0 Å². The van der Waals surface area contributed by atoms with Crippen LogP contribution in [0.1, 0.15) is 0 Å². The van der Waals surface area contributed by atoms with Gasteiger partial charge in [-0.25, -0.2) is 4.39 Å². The second-order valence-corrected chi connectivity index (χ2v) is 5.85. The summed E-state index contributed by atoms with van der Waals surface area (Å²) < 4.78 is 19.5. The highest BCUT2D eigenvalue weighted by molar-refractivity contribution is 9.10. The summed E-state index contributed by atoms with van der Waals surface area (Å²) >= 11 is 12.1. The molecule has 2 aromatic carbocycles. The maximum atomic E-state index is 13.4. The standard InChI is InChI=1S/C12H5Br2ClFNO3/c13-6-1-2-8(15)11(3-6)20-12-4-7(14)9(16)5-10(12)17(18)19/h1-5H. The Morgan fingerprint density at radius 2 is 1.90 bits per heavy atom. The minimum absolute atomic E-state index is 0.0595. The van der Waals surface area contributed by atoms with E-state index < -0.39 is 16.4 Å². The van der Waals surface area contributed by atoms with Gasteiger partial charge in [-0.05, 0) is 34.1 Å². The number of hydrogen-bond donors (Lipinski definition) is 0. The number of benzene rings is 2. The van der Waals surface area contributed by atoms with E-state index in [0.717, 1.165) is 6.07 Å². The maximum Gasteiger partial charge on any atom is 0.314 e. The molecule has 0 aliphatic rings. The lowest BCUT2D eigenvalue weighted by Gasteiger charge is -2.09. The van der Waals surface area contributed by atoms with Crippen LogP contribution in [-0.4, -0.2) is 4.92 Å². The van der Waals surface area contributed by atoms with Gasteiger partial charge in [0.15, 0.2) is 0 Å². The molecule has 104 valence electrons. The molecule has 0 aliphatic carbocycles. The Bertz CT molecular complexity index is 697. The summed E-state index contributed by atoms with van der Waals surface area (Å²) in [5.74, 6) is -0.629. The lowest BCUT2D eigenvalue weighted by Crippen LogP contribution is -1.95. The van der Waals surface area contributed by atoms with Crippen molar-refractivity contribution < 1.29 is 14.1 Å². The van der Waals surface area contributed by atoms with E-state index in [-0.39, 0.29) is 21.0 Å². The Morgan fingerprint density at radius 1 is 1.20 bits per heavy atom. The first-order valence-electron chi connectivity index (χ1n) is 5.15. The Morgan fingerprint density at radius 3 is 2.55 bits per heavy atom. The molecule has 0 saturated heterocycles. The Labute approximate surface area is 134 Å². The largest absolute Gasteiger partial charge is 0.448 e. The van der Waals surface area contributed by atoms with Gasteiger partial charge < -0.3 is 4.74 Å². The summed E-state index contributed by atoms with van der Waals surface area (Å²) in [6.07, 6.45) is 0. The van der Waals surface area contributed by atoms with Crippen LogP contribution in [0.15, 0.2) is 39.3 Å². The molecule has 0 unspecified atom stereocenters. The molecule has 0 bridgehead atoms. The molecule has 0 radical (unpaired) electrons. The van der Waals surface area contributed by atoms with Crippen LogP contribution in [0.4, 0.5) is 10.1 Å². The quantitative estimate of drug-likeness (QED) is 0.468. The van der Waals surface area contributed by atoms with Gasteiger partial charge in [0, 0.05) is 10.5 Å². The summed E-state index contributed by atoms with van der Waals surface area (Å²) in [7, 11) is 0. The first-order chi connectivity index (χ1) is 9.38. The van der Waals surface area contributed by atoms with E-state index in [0.29, 0.717) is 4.47 Å². The zero-order valence-corrected chi connectivity index (χ0v) is 13.5. The highest BCUT2D eigenvalue weighted by Crippen LogP contribution is 2.38. The fourth-order valence-corrected chi connectivity index (χ4v) is 2.23. The lowest BCUT2D eigenvalue weighted by atomic mass is 10.3. The summed E-state index contributed by atoms with van der Waals surface area (Å²) in [5.41, 5.74) is -0.484. The fourth-order valence-electron chi connectivity index (χ4n) is 1.42. The minimum atomic E-state index is -0.746. The van der Waals surface area contributed by atoms with Crippen molar-refractivity contribution in [1.29, 1.82) is 0 Å². The Balaban J connectivity index is 2.50. The number of ether oxygens (including phenoxy) is 1. The molecular weight excluding hydrogens is 420 g/mol. The van der Waals surface area contributed by atoms with E-state index in [2.05, 4.69) is 31.9 Å². The molecule has 20 heavy (non-hydrogen) atoms. The molecule has 0 aliphatic heterocycles. The van der Waals surface area contributed by atoms with Crippen molar-refractivity contribution in [2.45, 2.75) is 0 Å². The maximum absolute atomic E-state index is 13.4. The number of nitro benzene ring substituents is 1. The number of nitro groups is 1. The summed E-state index contributed by atoms with van der Waals surface area (Å²) in [4.78, 5) is 10.2. The minimum Gasteiger partial charge on any atom is -0.448 e. The smallest absolute Gasteiger partial charge is 0.314 e. The molecule has 4 nitrogen and oxygen atoms in total. The van der Waals surface area contributed by atoms with Crippen LogP contribution < -0.4 is 4.74 Å². The van der Waals surface area contributed by atoms with Crippen molar-refractivity contribution in [3.63, 3.8) is 0 Å². The average Bonchev–Trinajstić information content (AvgIpc) is 2.37. The van der Waals surface area contributed by atoms with E-state index >= 15 is 0 Å². The second kappa shape index (κ2) is 6.07. The van der Waals surface area contributed by atoms with Gasteiger partial charge in [0.1, 0.15) is 11.6 Å². The summed E-state index contributed by atoms with van der Waals surface area (Å²) in [6.45, 7) is 0. The number of rotatable bonds is 3. The average molecular weight is 425 g/mol. The third-order valence-electron chi connectivity index (χ3n) is 2.31. The van der Waals surface area contributed by atoms with E-state index in [1.165, 1.54) is 6.07 Å². The number of hydrogen-bond acceptors (Lipinski definition) is 3. The van der Waals surface area contributed by atoms with Gasteiger partial charge in [-0.15, -0.1) is 0 Å². The van der Waals surface area contributed by atoms with Gasteiger partial charge in [0.2, 0.25) is 5.75 Å². The van der Waals surface area contributed by atoms with Crippen LogP contribution in [-0.2, 0) is 0 Å². The first kappa shape index (κ1) is 15.2. The van der Waals surface area contributed by atoms with Crippen molar-refractivity contribution in [3.8, 4) is 11.5 Å². The highest BCUT2D eigenvalue weighted by Gasteiger charge is 2.20. The molecule has 0 aromatic heterocycles. The zero-order chi connectivity index (χ0) is 14.9. The molecule has 0 atom stereocenters. The van der Waals surface area contributed by atoms with E-state index in [1.54, 1.807) is 18.2 Å². The van der Waals surface area contributed by atoms with E-state index in [1.807, 2.05) is 0 Å². The van der Waals surface area contributed by atoms with Gasteiger partial charge in [-0.1, -0.05) is 27.5 Å². The van der Waals surface area contributed by atoms with Gasteiger partial charge in [0.05, 0.1) is 20.5 Å². The molecule has 8 heteroatoms. The molecular formula is C12H5Br2ClFNO3. The molecule has 2 rings (SSSR count). The monoisotopic (exact) mass is 423 g/mol. The normalized spacial score (nSPS) is 10.4. The molecule has 0 heterocycles. The SMILES string of the molecule is O=[N+]([O-])c1cc(F)c(Br)cc1Oc1cc(Br)ccc1Cl. The topological polar surface area (TPSA) is 52.4 Å². The number of nitrogens with zero attached hydrogens (tertiary/aromatic N) is 1. The third kappa shape index (κ3) is 3.28. The van der Waals surface area contributed by atoms with Crippen molar-refractivity contribution in [3.05, 3.63) is 60.2 Å². The van der Waals surface area contributed by atoms with Gasteiger partial charge in [0.25, 0.3) is 0 Å². The predicted molar refractivity (Wildman–Crippen MR) is 80.0 cm³/mol. The first-order valence-corrected chi connectivity index (χ1v) is 7.11. The molecule has 0 N–H and O–H groups in total. The number of halogens is 4. The molecule has 0 fully saturated rings. The Hall–Kier alpha value is -1.18. The fraction of sp³-hybridized carbons (Fsp3) is 0. The van der Waals surface area contributed by atoms with E-state index in [9.17, 15) is 14.5 Å². The van der Waals surface area contributed by atoms with Gasteiger partial charge in [-0.2, -0.15) is 0 Å². The van der Waals surface area contributed by atoms with Crippen LogP contribution in [0.25, 0.3) is 0 Å². The van der Waals surface area contributed by atoms with Crippen molar-refractivity contribution >= 4 is 49.1 Å². The summed E-state index contributed by atoms with van der Waals surface area (Å²) in [5, 5.41) is 11.2. The van der Waals surface area contributed by atoms with Crippen LogP contribution in [0, 0.1) is 15.9 Å². The highest BCUT2D eigenvalue weighted by atomic mass is 79.9. The third-order valence-corrected chi connectivity index (χ3v) is 3.72. The van der Waals surface area contributed by atoms with Crippen LogP contribution in [0.5, 0.6) is 11.5 Å².